The van der Waals surface area contributed by atoms with Crippen molar-refractivity contribution in [3.8, 4) is 17.2 Å². The summed E-state index contributed by atoms with van der Waals surface area (Å²) >= 11 is 6.80. The Kier molecular flexibility index (Phi) is 13.1. The first-order valence-corrected chi connectivity index (χ1v) is 16.8. The number of thiocarbonyl (C=S) groups is 1. The molecule has 44 heavy (non-hydrogen) atoms. The van der Waals surface area contributed by atoms with Gasteiger partial charge in [0.25, 0.3) is 5.91 Å². The van der Waals surface area contributed by atoms with E-state index in [1.807, 2.05) is 42.5 Å². The Bertz CT molecular complexity index is 1560. The third kappa shape index (κ3) is 9.43. The van der Waals surface area contributed by atoms with Gasteiger partial charge in [0.15, 0.2) is 14.2 Å². The summed E-state index contributed by atoms with van der Waals surface area (Å²) in [5.41, 5.74) is 1.53. The van der Waals surface area contributed by atoms with Gasteiger partial charge in [0.1, 0.15) is 17.2 Å². The van der Waals surface area contributed by atoms with Crippen LogP contribution in [0.15, 0.2) is 82.6 Å². The number of sulfone groups is 1. The maximum Gasteiger partial charge on any atom is 0.270 e. The average molecular weight is 697 g/mol. The number of anilines is 1. The number of rotatable bonds is 10. The van der Waals surface area contributed by atoms with Crippen molar-refractivity contribution in [3.05, 3.63) is 83.3 Å². The smallest absolute Gasteiger partial charge is 0.270 e. The molecule has 0 saturated carbocycles. The van der Waals surface area contributed by atoms with Crippen LogP contribution in [0.5, 0.6) is 17.2 Å². The molecule has 5 rings (SSSR count). The molecule has 2 fully saturated rings. The van der Waals surface area contributed by atoms with E-state index in [0.717, 1.165) is 50.5 Å². The first kappa shape index (κ1) is 35.8. The summed E-state index contributed by atoms with van der Waals surface area (Å²) < 4.78 is 35.5. The van der Waals surface area contributed by atoms with Crippen LogP contribution < -0.4 is 14.4 Å². The van der Waals surface area contributed by atoms with Crippen molar-refractivity contribution >= 4 is 80.6 Å². The second-order valence-corrected chi connectivity index (χ2v) is 14.0. The zero-order valence-electron chi connectivity index (χ0n) is 24.4. The van der Waals surface area contributed by atoms with Gasteiger partial charge in [-0.2, -0.15) is 0 Å². The van der Waals surface area contributed by atoms with Crippen LogP contribution in [0, 0.1) is 0 Å². The van der Waals surface area contributed by atoms with E-state index in [4.69, 9.17) is 21.7 Å². The summed E-state index contributed by atoms with van der Waals surface area (Å²) in [6.07, 6.45) is 3.94. The van der Waals surface area contributed by atoms with Gasteiger partial charge in [-0.3, -0.25) is 9.69 Å². The number of carbonyl (C=O) groups is 1. The van der Waals surface area contributed by atoms with Crippen molar-refractivity contribution < 1.29 is 22.7 Å². The normalized spacial score (nSPS) is 16.9. The average Bonchev–Trinajstić information content (AvgIpc) is 3.25. The minimum Gasteiger partial charge on any atom is -0.494 e. The number of halogens is 2. The topological polar surface area (TPSA) is 79.4 Å². The number of hydrogen-bond acceptors (Lipinski definition) is 9. The first-order chi connectivity index (χ1) is 20.2. The Labute approximate surface area is 281 Å². The Morgan fingerprint density at radius 3 is 2.02 bits per heavy atom. The van der Waals surface area contributed by atoms with E-state index in [0.29, 0.717) is 33.0 Å². The summed E-state index contributed by atoms with van der Waals surface area (Å²) in [7, 11) is -1.10. The van der Waals surface area contributed by atoms with Crippen LogP contribution in [-0.2, 0) is 14.6 Å². The van der Waals surface area contributed by atoms with E-state index < -0.39 is 9.84 Å². The molecular weight excluding hydrogens is 661 g/mol. The number of benzene rings is 3. The highest BCUT2D eigenvalue weighted by Gasteiger charge is 2.33. The Morgan fingerprint density at radius 1 is 0.864 bits per heavy atom. The van der Waals surface area contributed by atoms with Gasteiger partial charge in [0.2, 0.25) is 0 Å². The summed E-state index contributed by atoms with van der Waals surface area (Å²) in [6.45, 7) is 6.12. The number of ether oxygens (including phenoxy) is 2. The lowest BCUT2D eigenvalue weighted by atomic mass is 10.2. The lowest BCUT2D eigenvalue weighted by Gasteiger charge is -2.32. The van der Waals surface area contributed by atoms with Crippen LogP contribution in [0.1, 0.15) is 12.0 Å². The fourth-order valence-electron chi connectivity index (χ4n) is 4.61. The summed E-state index contributed by atoms with van der Waals surface area (Å²) in [6, 6.07) is 21.0. The van der Waals surface area contributed by atoms with Gasteiger partial charge in [-0.15, -0.1) is 24.8 Å². The monoisotopic (exact) mass is 695 g/mol. The molecule has 236 valence electrons. The van der Waals surface area contributed by atoms with E-state index in [1.54, 1.807) is 29.2 Å². The lowest BCUT2D eigenvalue weighted by molar-refractivity contribution is -0.113. The van der Waals surface area contributed by atoms with E-state index in [-0.39, 0.29) is 35.6 Å². The predicted molar refractivity (Wildman–Crippen MR) is 187 cm³/mol. The van der Waals surface area contributed by atoms with Crippen molar-refractivity contribution in [2.45, 2.75) is 11.3 Å². The highest BCUT2D eigenvalue weighted by atomic mass is 35.5. The van der Waals surface area contributed by atoms with E-state index in [2.05, 4.69) is 16.8 Å². The van der Waals surface area contributed by atoms with E-state index >= 15 is 0 Å². The zero-order valence-corrected chi connectivity index (χ0v) is 28.5. The molecule has 13 heteroatoms. The quantitative estimate of drug-likeness (QED) is 0.141. The number of thioether (sulfide) groups is 1. The standard InChI is InChI=1S/C31H33N3O5S3.2ClH/c1-32-17-19-33(20-18-32)16-3-21-38-25-10-6-24(7-11-25)34-30(35)29(41-31(34)40)22-23-4-8-26(9-5-23)39-27-12-14-28(15-13-27)42(2,36)37;;/h4-15,22H,3,16-21H2,1-2H3;2*1H. The molecule has 0 atom stereocenters. The highest BCUT2D eigenvalue weighted by molar-refractivity contribution is 8.27. The van der Waals surface area contributed by atoms with Gasteiger partial charge in [-0.25, -0.2) is 8.42 Å². The number of nitrogens with zero attached hydrogens (tertiary/aromatic N) is 3. The van der Waals surface area contributed by atoms with Crippen LogP contribution in [0.3, 0.4) is 0 Å². The molecule has 0 N–H and O–H groups in total. The molecule has 0 spiro atoms. The maximum absolute atomic E-state index is 13.2. The van der Waals surface area contributed by atoms with Gasteiger partial charge >= 0.3 is 0 Å². The number of likely N-dealkylation sites (N-methyl/N-ethyl adjacent to an activating group) is 1. The van der Waals surface area contributed by atoms with Crippen molar-refractivity contribution in [2.75, 3.05) is 57.5 Å². The molecule has 0 unspecified atom stereocenters. The zero-order chi connectivity index (χ0) is 29.7. The minimum atomic E-state index is -3.26. The largest absolute Gasteiger partial charge is 0.494 e. The molecule has 2 aliphatic rings. The summed E-state index contributed by atoms with van der Waals surface area (Å²) in [5, 5.41) is 0. The van der Waals surface area contributed by atoms with Crippen LogP contribution in [0.4, 0.5) is 5.69 Å². The fraction of sp³-hybridized carbons (Fsp3) is 0.290. The van der Waals surface area contributed by atoms with Crippen molar-refractivity contribution in [1.82, 2.24) is 9.80 Å². The van der Waals surface area contributed by atoms with Gasteiger partial charge in [-0.1, -0.05) is 36.1 Å². The maximum atomic E-state index is 13.2. The molecular formula is C31H35Cl2N3O5S3. The molecule has 2 aliphatic heterocycles. The molecule has 2 saturated heterocycles. The van der Waals surface area contributed by atoms with Crippen LogP contribution >= 0.6 is 48.8 Å². The molecule has 0 aromatic heterocycles. The van der Waals surface area contributed by atoms with E-state index in [1.165, 1.54) is 30.2 Å². The van der Waals surface area contributed by atoms with Gasteiger partial charge in [0, 0.05) is 39.0 Å². The molecule has 3 aromatic carbocycles. The lowest BCUT2D eigenvalue weighted by Crippen LogP contribution is -2.44. The van der Waals surface area contributed by atoms with Gasteiger partial charge in [-0.05, 0) is 85.8 Å². The Balaban J connectivity index is 0.00000264. The molecule has 0 radical (unpaired) electrons. The predicted octanol–water partition coefficient (Wildman–Crippen LogP) is 6.15. The molecule has 2 heterocycles. The number of hydrogen-bond donors (Lipinski definition) is 0. The Hall–Kier alpha value is -2.64. The second-order valence-electron chi connectivity index (χ2n) is 10.3. The highest BCUT2D eigenvalue weighted by Crippen LogP contribution is 2.37. The summed E-state index contributed by atoms with van der Waals surface area (Å²) in [4.78, 5) is 20.4. The molecule has 3 aromatic rings. The van der Waals surface area contributed by atoms with Crippen LogP contribution in [0.2, 0.25) is 0 Å². The third-order valence-electron chi connectivity index (χ3n) is 7.04. The van der Waals surface area contributed by atoms with E-state index in [9.17, 15) is 13.2 Å². The Morgan fingerprint density at radius 2 is 1.43 bits per heavy atom. The number of piperazine rings is 1. The number of amides is 1. The molecule has 0 aliphatic carbocycles. The first-order valence-electron chi connectivity index (χ1n) is 13.7. The van der Waals surface area contributed by atoms with Crippen LogP contribution in [-0.4, -0.2) is 81.1 Å². The fourth-order valence-corrected chi connectivity index (χ4v) is 6.54. The summed E-state index contributed by atoms with van der Waals surface area (Å²) in [5.74, 6) is 1.72. The molecule has 0 bridgehead atoms. The van der Waals surface area contributed by atoms with Gasteiger partial charge in [0.05, 0.1) is 22.1 Å². The van der Waals surface area contributed by atoms with Crippen LogP contribution in [0.25, 0.3) is 6.08 Å². The molecule has 1 amide bonds. The second kappa shape index (κ2) is 16.1. The van der Waals surface area contributed by atoms with Crippen molar-refractivity contribution in [1.29, 1.82) is 0 Å². The molecule has 8 nitrogen and oxygen atoms in total. The van der Waals surface area contributed by atoms with Gasteiger partial charge < -0.3 is 19.3 Å². The third-order valence-corrected chi connectivity index (χ3v) is 9.47. The van der Waals surface area contributed by atoms with Crippen molar-refractivity contribution in [2.24, 2.45) is 0 Å². The SMILES string of the molecule is CN1CCN(CCCOc2ccc(N3C(=O)C(=Cc4ccc(Oc5ccc(S(C)(=O)=O)cc5)cc4)SC3=S)cc2)CC1.Cl.Cl. The van der Waals surface area contributed by atoms with Crippen molar-refractivity contribution in [3.63, 3.8) is 0 Å². The minimum absolute atomic E-state index is 0. The number of carbonyl (C=O) groups excluding carboxylic acids is 1.